The predicted molar refractivity (Wildman–Crippen MR) is 60.1 cm³/mol. The SMILES string of the molecule is COc1ccc2ncc(CO)c(CO)c2c1. The molecule has 0 bridgehead atoms. The summed E-state index contributed by atoms with van der Waals surface area (Å²) in [5.74, 6) is 0.707. The summed E-state index contributed by atoms with van der Waals surface area (Å²) < 4.78 is 5.12. The van der Waals surface area contributed by atoms with Crippen molar-refractivity contribution in [2.24, 2.45) is 0 Å². The maximum absolute atomic E-state index is 9.33. The van der Waals surface area contributed by atoms with E-state index in [1.54, 1.807) is 13.3 Å². The number of fused-ring (bicyclic) bond motifs is 1. The summed E-state index contributed by atoms with van der Waals surface area (Å²) in [5.41, 5.74) is 2.12. The molecule has 0 aliphatic rings. The molecule has 0 fully saturated rings. The third-order valence-corrected chi connectivity index (χ3v) is 2.60. The van der Waals surface area contributed by atoms with Crippen molar-refractivity contribution in [1.29, 1.82) is 0 Å². The van der Waals surface area contributed by atoms with Crippen molar-refractivity contribution in [2.75, 3.05) is 7.11 Å². The predicted octanol–water partition coefficient (Wildman–Crippen LogP) is 1.23. The first-order chi connectivity index (χ1) is 7.80. The van der Waals surface area contributed by atoms with Crippen LogP contribution in [0.25, 0.3) is 10.9 Å². The Bertz CT molecular complexity index is 506. The number of aliphatic hydroxyl groups excluding tert-OH is 2. The van der Waals surface area contributed by atoms with Crippen molar-refractivity contribution < 1.29 is 14.9 Å². The van der Waals surface area contributed by atoms with E-state index in [9.17, 15) is 5.11 Å². The Balaban J connectivity index is 2.73. The van der Waals surface area contributed by atoms with E-state index >= 15 is 0 Å². The van der Waals surface area contributed by atoms with E-state index in [0.29, 0.717) is 16.9 Å². The maximum atomic E-state index is 9.33. The summed E-state index contributed by atoms with van der Waals surface area (Å²) >= 11 is 0. The second kappa shape index (κ2) is 4.47. The average Bonchev–Trinajstić information content (AvgIpc) is 2.36. The highest BCUT2D eigenvalue weighted by Crippen LogP contribution is 2.25. The lowest BCUT2D eigenvalue weighted by Crippen LogP contribution is -1.97. The number of hydrogen-bond donors (Lipinski definition) is 2. The van der Waals surface area contributed by atoms with E-state index in [1.807, 2.05) is 18.2 Å². The molecular formula is C12H13NO3. The zero-order valence-electron chi connectivity index (χ0n) is 8.97. The third kappa shape index (κ3) is 1.73. The van der Waals surface area contributed by atoms with Crippen LogP contribution in [-0.2, 0) is 13.2 Å². The fraction of sp³-hybridized carbons (Fsp3) is 0.250. The minimum absolute atomic E-state index is 0.123. The number of methoxy groups -OCH3 is 1. The highest BCUT2D eigenvalue weighted by molar-refractivity contribution is 5.84. The molecule has 0 unspecified atom stereocenters. The number of aromatic nitrogens is 1. The zero-order valence-corrected chi connectivity index (χ0v) is 8.97. The molecule has 1 aromatic carbocycles. The van der Waals surface area contributed by atoms with Crippen LogP contribution in [0.1, 0.15) is 11.1 Å². The minimum atomic E-state index is -0.129. The van der Waals surface area contributed by atoms with Crippen LogP contribution in [0.5, 0.6) is 5.75 Å². The molecule has 0 aliphatic heterocycles. The van der Waals surface area contributed by atoms with Gasteiger partial charge in [0.15, 0.2) is 0 Å². The second-order valence-electron chi connectivity index (χ2n) is 3.46. The molecule has 0 spiro atoms. The number of benzene rings is 1. The molecule has 4 nitrogen and oxygen atoms in total. The topological polar surface area (TPSA) is 62.6 Å². The van der Waals surface area contributed by atoms with Crippen molar-refractivity contribution in [3.05, 3.63) is 35.5 Å². The number of aliphatic hydroxyl groups is 2. The first kappa shape index (κ1) is 10.9. The number of hydrogen-bond acceptors (Lipinski definition) is 4. The van der Waals surface area contributed by atoms with Crippen LogP contribution < -0.4 is 4.74 Å². The first-order valence-corrected chi connectivity index (χ1v) is 4.96. The van der Waals surface area contributed by atoms with Crippen LogP contribution in [0.4, 0.5) is 0 Å². The van der Waals surface area contributed by atoms with Crippen LogP contribution in [0, 0.1) is 0 Å². The van der Waals surface area contributed by atoms with Crippen LogP contribution >= 0.6 is 0 Å². The molecule has 16 heavy (non-hydrogen) atoms. The van der Waals surface area contributed by atoms with Gasteiger partial charge >= 0.3 is 0 Å². The smallest absolute Gasteiger partial charge is 0.119 e. The molecule has 1 heterocycles. The summed E-state index contributed by atoms with van der Waals surface area (Å²) in [6.45, 7) is -0.252. The van der Waals surface area contributed by atoms with Gasteiger partial charge in [0.25, 0.3) is 0 Å². The Kier molecular flexibility index (Phi) is 3.03. The van der Waals surface area contributed by atoms with Gasteiger partial charge in [0.05, 0.1) is 25.8 Å². The summed E-state index contributed by atoms with van der Waals surface area (Å²) in [6, 6.07) is 5.45. The lowest BCUT2D eigenvalue weighted by atomic mass is 10.0. The molecule has 2 rings (SSSR count). The van der Waals surface area contributed by atoms with E-state index in [1.165, 1.54) is 0 Å². The minimum Gasteiger partial charge on any atom is -0.497 e. The number of rotatable bonds is 3. The highest BCUT2D eigenvalue weighted by atomic mass is 16.5. The molecule has 0 aliphatic carbocycles. The fourth-order valence-electron chi connectivity index (χ4n) is 1.72. The molecule has 0 saturated heterocycles. The van der Waals surface area contributed by atoms with Crippen molar-refractivity contribution in [2.45, 2.75) is 13.2 Å². The standard InChI is InChI=1S/C12H13NO3/c1-16-9-2-3-12-10(4-9)11(7-15)8(6-14)5-13-12/h2-5,14-15H,6-7H2,1H3. The molecule has 2 aromatic rings. The number of pyridine rings is 1. The van der Waals surface area contributed by atoms with Crippen LogP contribution in [-0.4, -0.2) is 22.3 Å². The number of ether oxygens (including phenoxy) is 1. The van der Waals surface area contributed by atoms with E-state index in [4.69, 9.17) is 9.84 Å². The Morgan fingerprint density at radius 2 is 2.06 bits per heavy atom. The van der Waals surface area contributed by atoms with Gasteiger partial charge in [-0.25, -0.2) is 0 Å². The lowest BCUT2D eigenvalue weighted by Gasteiger charge is -2.09. The Morgan fingerprint density at radius 1 is 1.25 bits per heavy atom. The van der Waals surface area contributed by atoms with Gasteiger partial charge in [0, 0.05) is 17.1 Å². The van der Waals surface area contributed by atoms with Crippen molar-refractivity contribution in [3.8, 4) is 5.75 Å². The summed E-state index contributed by atoms with van der Waals surface area (Å²) in [7, 11) is 1.59. The van der Waals surface area contributed by atoms with Gasteiger partial charge in [-0.15, -0.1) is 0 Å². The quantitative estimate of drug-likeness (QED) is 0.815. The monoisotopic (exact) mass is 219 g/mol. The van der Waals surface area contributed by atoms with E-state index in [-0.39, 0.29) is 13.2 Å². The van der Waals surface area contributed by atoms with Gasteiger partial charge in [-0.05, 0) is 23.8 Å². The van der Waals surface area contributed by atoms with E-state index in [0.717, 1.165) is 10.9 Å². The highest BCUT2D eigenvalue weighted by Gasteiger charge is 2.08. The first-order valence-electron chi connectivity index (χ1n) is 4.96. The fourth-order valence-corrected chi connectivity index (χ4v) is 1.72. The average molecular weight is 219 g/mol. The maximum Gasteiger partial charge on any atom is 0.119 e. The molecule has 0 radical (unpaired) electrons. The summed E-state index contributed by atoms with van der Waals surface area (Å²) in [5, 5.41) is 19.3. The Morgan fingerprint density at radius 3 is 2.69 bits per heavy atom. The normalized spacial score (nSPS) is 10.7. The molecular weight excluding hydrogens is 206 g/mol. The lowest BCUT2D eigenvalue weighted by molar-refractivity contribution is 0.261. The van der Waals surface area contributed by atoms with Crippen LogP contribution in [0.3, 0.4) is 0 Å². The van der Waals surface area contributed by atoms with Gasteiger partial charge in [-0.3, -0.25) is 4.98 Å². The molecule has 4 heteroatoms. The molecule has 0 atom stereocenters. The van der Waals surface area contributed by atoms with Gasteiger partial charge in [-0.1, -0.05) is 0 Å². The van der Waals surface area contributed by atoms with Gasteiger partial charge < -0.3 is 14.9 Å². The van der Waals surface area contributed by atoms with E-state index < -0.39 is 0 Å². The van der Waals surface area contributed by atoms with Crippen LogP contribution in [0.2, 0.25) is 0 Å². The second-order valence-corrected chi connectivity index (χ2v) is 3.46. The Labute approximate surface area is 93.1 Å². The summed E-state index contributed by atoms with van der Waals surface area (Å²) in [6.07, 6.45) is 1.58. The zero-order chi connectivity index (χ0) is 11.5. The molecule has 84 valence electrons. The van der Waals surface area contributed by atoms with Crippen molar-refractivity contribution >= 4 is 10.9 Å². The summed E-state index contributed by atoms with van der Waals surface area (Å²) in [4.78, 5) is 4.21. The molecule has 0 saturated carbocycles. The van der Waals surface area contributed by atoms with Crippen LogP contribution in [0.15, 0.2) is 24.4 Å². The Hall–Kier alpha value is -1.65. The molecule has 1 aromatic heterocycles. The largest absolute Gasteiger partial charge is 0.497 e. The van der Waals surface area contributed by atoms with E-state index in [2.05, 4.69) is 4.98 Å². The molecule has 0 amide bonds. The van der Waals surface area contributed by atoms with Crippen molar-refractivity contribution in [1.82, 2.24) is 4.98 Å². The van der Waals surface area contributed by atoms with Gasteiger partial charge in [-0.2, -0.15) is 0 Å². The molecule has 2 N–H and O–H groups in total. The number of nitrogens with zero attached hydrogens (tertiary/aromatic N) is 1. The third-order valence-electron chi connectivity index (χ3n) is 2.60. The van der Waals surface area contributed by atoms with Crippen molar-refractivity contribution in [3.63, 3.8) is 0 Å². The van der Waals surface area contributed by atoms with Gasteiger partial charge in [0.1, 0.15) is 5.75 Å². The van der Waals surface area contributed by atoms with Gasteiger partial charge in [0.2, 0.25) is 0 Å².